The molecular weight excluding hydrogens is 609 g/mol. The quantitative estimate of drug-likeness (QED) is 0.214. The molecule has 0 amide bonds. The Balaban J connectivity index is 1.37. The molecule has 0 radical (unpaired) electrons. The molecule has 2 saturated heterocycles. The van der Waals surface area contributed by atoms with E-state index in [2.05, 4.69) is 81.2 Å². The van der Waals surface area contributed by atoms with Gasteiger partial charge in [-0.2, -0.15) is 0 Å². The van der Waals surface area contributed by atoms with Crippen LogP contribution in [0, 0.1) is 52.3 Å². The van der Waals surface area contributed by atoms with E-state index in [1.165, 1.54) is 12.8 Å². The molecule has 4 aliphatic carbocycles. The van der Waals surface area contributed by atoms with Crippen LogP contribution in [0.25, 0.3) is 0 Å². The SMILES string of the molecule is CC(=O)O[C@@H]1[C@H](O[Si](C)(C)C)[C@H]2[C@@H](CC[C@H]3C[C@@H](O[Si](C)(C)C(C)(C)C)CC[C@@]32C)[C@@H]2C[C@@H]3O[C@]4(CC[C@@H](C)CO4)[C@@H](C)[C@@H]3[C@@]12C. The van der Waals surface area contributed by atoms with Crippen LogP contribution in [0.2, 0.25) is 37.8 Å². The molecule has 4 saturated carbocycles. The van der Waals surface area contributed by atoms with Gasteiger partial charge >= 0.3 is 5.97 Å². The van der Waals surface area contributed by atoms with Gasteiger partial charge < -0.3 is 23.1 Å². The van der Waals surface area contributed by atoms with Crippen molar-refractivity contribution in [2.45, 2.75) is 175 Å². The lowest BCUT2D eigenvalue weighted by molar-refractivity contribution is -0.278. The largest absolute Gasteiger partial charge is 0.459 e. The molecule has 2 aliphatic heterocycles. The van der Waals surface area contributed by atoms with Gasteiger partial charge in [0.05, 0.1) is 18.8 Å². The number of esters is 1. The maximum Gasteiger partial charge on any atom is 0.303 e. The fourth-order valence-electron chi connectivity index (χ4n) is 11.9. The molecule has 264 valence electrons. The van der Waals surface area contributed by atoms with E-state index in [0.29, 0.717) is 35.7 Å². The third kappa shape index (κ3) is 5.67. The minimum Gasteiger partial charge on any atom is -0.459 e. The predicted molar refractivity (Wildman–Crippen MR) is 188 cm³/mol. The maximum absolute atomic E-state index is 13.1. The average Bonchev–Trinajstić information content (AvgIpc) is 3.36. The number of carbonyl (C=O) groups excluding carboxylic acids is 1. The Hall–Kier alpha value is -0.256. The molecule has 0 aromatic heterocycles. The first kappa shape index (κ1) is 35.6. The molecule has 1 spiro atoms. The van der Waals surface area contributed by atoms with E-state index in [9.17, 15) is 4.79 Å². The highest BCUT2D eigenvalue weighted by Crippen LogP contribution is 2.72. The van der Waals surface area contributed by atoms with Crippen LogP contribution >= 0.6 is 0 Å². The summed E-state index contributed by atoms with van der Waals surface area (Å²) in [7, 11) is -3.86. The second kappa shape index (κ2) is 11.6. The van der Waals surface area contributed by atoms with E-state index in [0.717, 1.165) is 45.1 Å². The van der Waals surface area contributed by atoms with Gasteiger partial charge in [0.2, 0.25) is 0 Å². The molecule has 0 aromatic rings. The number of carbonyl (C=O) groups is 1. The summed E-state index contributed by atoms with van der Waals surface area (Å²) in [6.45, 7) is 30.9. The highest BCUT2D eigenvalue weighted by Gasteiger charge is 2.75. The van der Waals surface area contributed by atoms with Crippen LogP contribution in [0.1, 0.15) is 107 Å². The zero-order valence-electron chi connectivity index (χ0n) is 31.7. The van der Waals surface area contributed by atoms with Crippen molar-refractivity contribution < 1.29 is 27.9 Å². The second-order valence-electron chi connectivity index (χ2n) is 19.9. The van der Waals surface area contributed by atoms with Crippen molar-refractivity contribution in [2.24, 2.45) is 52.3 Å². The molecule has 46 heavy (non-hydrogen) atoms. The lowest BCUT2D eigenvalue weighted by Crippen LogP contribution is -2.68. The van der Waals surface area contributed by atoms with Crippen LogP contribution in [-0.4, -0.2) is 59.4 Å². The molecule has 14 atom stereocenters. The first-order valence-electron chi connectivity index (χ1n) is 19.0. The lowest BCUT2D eigenvalue weighted by Gasteiger charge is -2.66. The first-order valence-corrected chi connectivity index (χ1v) is 25.3. The fourth-order valence-corrected chi connectivity index (χ4v) is 14.3. The molecule has 0 unspecified atom stereocenters. The topological polar surface area (TPSA) is 63.2 Å². The van der Waals surface area contributed by atoms with E-state index in [1.807, 2.05) is 0 Å². The van der Waals surface area contributed by atoms with Gasteiger partial charge in [-0.05, 0) is 118 Å². The van der Waals surface area contributed by atoms with Gasteiger partial charge in [-0.15, -0.1) is 0 Å². The van der Waals surface area contributed by atoms with Gasteiger partial charge in [0.25, 0.3) is 0 Å². The van der Waals surface area contributed by atoms with Crippen molar-refractivity contribution in [3.8, 4) is 0 Å². The van der Waals surface area contributed by atoms with E-state index in [1.54, 1.807) is 6.92 Å². The summed E-state index contributed by atoms with van der Waals surface area (Å²) in [6, 6.07) is 0. The van der Waals surface area contributed by atoms with Crippen molar-refractivity contribution in [1.29, 1.82) is 0 Å². The molecule has 6 fully saturated rings. The minimum atomic E-state index is -2.01. The third-order valence-corrected chi connectivity index (χ3v) is 20.5. The Morgan fingerprint density at radius 1 is 0.891 bits per heavy atom. The van der Waals surface area contributed by atoms with Gasteiger partial charge in [0.15, 0.2) is 22.4 Å². The van der Waals surface area contributed by atoms with Crippen LogP contribution in [0.15, 0.2) is 0 Å². The van der Waals surface area contributed by atoms with Crippen LogP contribution in [0.5, 0.6) is 0 Å². The molecule has 8 heteroatoms. The van der Waals surface area contributed by atoms with Crippen LogP contribution in [0.4, 0.5) is 0 Å². The average molecular weight is 677 g/mol. The first-order chi connectivity index (χ1) is 21.1. The summed E-state index contributed by atoms with van der Waals surface area (Å²) in [6.07, 6.45) is 9.17. The smallest absolute Gasteiger partial charge is 0.303 e. The lowest BCUT2D eigenvalue weighted by atomic mass is 9.42. The van der Waals surface area contributed by atoms with Gasteiger partial charge in [-0.3, -0.25) is 4.79 Å². The van der Waals surface area contributed by atoms with Crippen molar-refractivity contribution in [2.75, 3.05) is 6.61 Å². The number of rotatable bonds is 5. The van der Waals surface area contributed by atoms with Gasteiger partial charge in [0.1, 0.15) is 6.10 Å². The zero-order chi connectivity index (χ0) is 33.8. The Kier molecular flexibility index (Phi) is 9.00. The van der Waals surface area contributed by atoms with Crippen LogP contribution < -0.4 is 0 Å². The van der Waals surface area contributed by atoms with Gasteiger partial charge in [-0.25, -0.2) is 0 Å². The molecule has 6 aliphatic rings. The summed E-state index contributed by atoms with van der Waals surface area (Å²) in [5, 5.41) is 0.214. The van der Waals surface area contributed by atoms with Crippen molar-refractivity contribution in [1.82, 2.24) is 0 Å². The third-order valence-electron chi connectivity index (χ3n) is 15.0. The summed E-state index contributed by atoms with van der Waals surface area (Å²) in [4.78, 5) is 13.1. The van der Waals surface area contributed by atoms with Crippen LogP contribution in [0.3, 0.4) is 0 Å². The molecule has 2 heterocycles. The zero-order valence-corrected chi connectivity index (χ0v) is 33.7. The Morgan fingerprint density at radius 2 is 1.59 bits per heavy atom. The van der Waals surface area contributed by atoms with E-state index in [4.69, 9.17) is 23.1 Å². The Labute approximate surface area is 283 Å². The molecule has 0 N–H and O–H groups in total. The highest BCUT2D eigenvalue weighted by molar-refractivity contribution is 6.74. The van der Waals surface area contributed by atoms with Crippen molar-refractivity contribution in [3.63, 3.8) is 0 Å². The summed E-state index contributed by atoms with van der Waals surface area (Å²) in [5.74, 6) is 2.37. The normalized spacial score (nSPS) is 49.2. The van der Waals surface area contributed by atoms with Crippen molar-refractivity contribution in [3.05, 3.63) is 0 Å². The summed E-state index contributed by atoms with van der Waals surface area (Å²) in [5.41, 5.74) is -0.0860. The van der Waals surface area contributed by atoms with Crippen molar-refractivity contribution >= 4 is 22.6 Å². The van der Waals surface area contributed by atoms with Crippen LogP contribution in [-0.2, 0) is 27.9 Å². The number of hydrogen-bond acceptors (Lipinski definition) is 6. The van der Waals surface area contributed by atoms with E-state index in [-0.39, 0.29) is 52.0 Å². The molecule has 6 rings (SSSR count). The highest BCUT2D eigenvalue weighted by atomic mass is 28.4. The van der Waals surface area contributed by atoms with E-state index < -0.39 is 22.4 Å². The van der Waals surface area contributed by atoms with Gasteiger partial charge in [-0.1, -0.05) is 48.5 Å². The Bertz CT molecular complexity index is 1150. The fraction of sp³-hybridized carbons (Fsp3) is 0.974. The van der Waals surface area contributed by atoms with Gasteiger partial charge in [0, 0.05) is 36.7 Å². The minimum absolute atomic E-state index is 0.0951. The number of fused-ring (bicyclic) bond motifs is 7. The summed E-state index contributed by atoms with van der Waals surface area (Å²) < 4.78 is 34.9. The number of ether oxygens (including phenoxy) is 3. The summed E-state index contributed by atoms with van der Waals surface area (Å²) >= 11 is 0. The molecular formula is C38H68O6Si2. The molecule has 0 aromatic carbocycles. The second-order valence-corrected chi connectivity index (χ2v) is 29.1. The standard InChI is InChI=1S/C38H68O6Si2/c1-23-16-19-38(40-22-23)24(2)31-30(42-38)21-29-28-15-14-26-20-27(43-46(12,13)35(4,5)6)17-18-36(26,7)32(28)33(44-45(9,10)11)34(37(29,31)8)41-25(3)39/h23-24,26-34H,14-22H2,1-13H3/t23-,24+,26+,27+,28+,29+,30+,31+,32-,33-,34-,36+,37+,38-/m1/s1. The molecule has 0 bridgehead atoms. The maximum atomic E-state index is 13.1. The number of hydrogen-bond donors (Lipinski definition) is 0. The molecule has 6 nitrogen and oxygen atoms in total. The monoisotopic (exact) mass is 676 g/mol. The Morgan fingerprint density at radius 3 is 2.17 bits per heavy atom. The predicted octanol–water partition coefficient (Wildman–Crippen LogP) is 9.19. The van der Waals surface area contributed by atoms with E-state index >= 15 is 0 Å².